The van der Waals surface area contributed by atoms with Crippen molar-refractivity contribution in [3.8, 4) is 0 Å². The summed E-state index contributed by atoms with van der Waals surface area (Å²) in [5, 5.41) is 3.05. The zero-order valence-corrected chi connectivity index (χ0v) is 15.4. The maximum Gasteiger partial charge on any atom is 0.333 e. The SMILES string of the molecule is COP(=O)(O)Cc1ccc(C(=O)Nc2ccc(Cl)cc2C(C)=O)s1. The molecule has 0 saturated heterocycles. The van der Waals surface area contributed by atoms with Crippen molar-refractivity contribution in [1.82, 2.24) is 0 Å². The predicted octanol–water partition coefficient (Wildman–Crippen LogP) is 4.19. The van der Waals surface area contributed by atoms with E-state index in [1.54, 1.807) is 24.3 Å². The Balaban J connectivity index is 2.18. The van der Waals surface area contributed by atoms with Gasteiger partial charge in [-0.15, -0.1) is 11.3 Å². The zero-order chi connectivity index (χ0) is 17.9. The van der Waals surface area contributed by atoms with Gasteiger partial charge in [0.25, 0.3) is 5.91 Å². The van der Waals surface area contributed by atoms with Crippen LogP contribution >= 0.6 is 30.5 Å². The van der Waals surface area contributed by atoms with Crippen LogP contribution in [0.15, 0.2) is 30.3 Å². The Kier molecular flexibility index (Phi) is 5.96. The first-order valence-electron chi connectivity index (χ1n) is 6.80. The number of benzene rings is 1. The van der Waals surface area contributed by atoms with Gasteiger partial charge in [0.15, 0.2) is 5.78 Å². The molecule has 24 heavy (non-hydrogen) atoms. The Hall–Kier alpha value is -1.50. The molecule has 1 heterocycles. The van der Waals surface area contributed by atoms with E-state index < -0.39 is 13.5 Å². The van der Waals surface area contributed by atoms with Crippen LogP contribution in [0.4, 0.5) is 5.69 Å². The molecule has 0 saturated carbocycles. The normalized spacial score (nSPS) is 13.3. The molecule has 128 valence electrons. The molecule has 0 spiro atoms. The smallest absolute Gasteiger partial charge is 0.324 e. The number of halogens is 1. The van der Waals surface area contributed by atoms with Crippen LogP contribution in [-0.4, -0.2) is 23.7 Å². The second-order valence-corrected chi connectivity index (χ2v) is 8.51. The molecule has 0 aliphatic heterocycles. The maximum absolute atomic E-state index is 12.3. The lowest BCUT2D eigenvalue weighted by Crippen LogP contribution is -2.13. The van der Waals surface area contributed by atoms with Crippen molar-refractivity contribution in [3.05, 3.63) is 50.7 Å². The molecular formula is C15H15ClNO5PS. The van der Waals surface area contributed by atoms with E-state index in [2.05, 4.69) is 9.84 Å². The van der Waals surface area contributed by atoms with Gasteiger partial charge in [-0.25, -0.2) is 0 Å². The van der Waals surface area contributed by atoms with Crippen LogP contribution in [-0.2, 0) is 15.3 Å². The highest BCUT2D eigenvalue weighted by Crippen LogP contribution is 2.45. The minimum Gasteiger partial charge on any atom is -0.324 e. The quantitative estimate of drug-likeness (QED) is 0.572. The molecule has 2 N–H and O–H groups in total. The largest absolute Gasteiger partial charge is 0.333 e. The average molecular weight is 388 g/mol. The van der Waals surface area contributed by atoms with Gasteiger partial charge in [-0.1, -0.05) is 11.6 Å². The van der Waals surface area contributed by atoms with Crippen LogP contribution in [0.25, 0.3) is 0 Å². The van der Waals surface area contributed by atoms with Crippen molar-refractivity contribution in [3.63, 3.8) is 0 Å². The first-order valence-corrected chi connectivity index (χ1v) is 9.75. The van der Waals surface area contributed by atoms with Crippen molar-refractivity contribution < 1.29 is 23.6 Å². The molecule has 0 bridgehead atoms. The third kappa shape index (κ3) is 4.75. The van der Waals surface area contributed by atoms with E-state index in [1.807, 2.05) is 0 Å². The minimum atomic E-state index is -3.69. The summed E-state index contributed by atoms with van der Waals surface area (Å²) in [6, 6.07) is 7.76. The van der Waals surface area contributed by atoms with E-state index in [1.165, 1.54) is 13.0 Å². The van der Waals surface area contributed by atoms with Gasteiger partial charge in [-0.3, -0.25) is 14.2 Å². The Morgan fingerprint density at radius 1 is 1.33 bits per heavy atom. The van der Waals surface area contributed by atoms with Gasteiger partial charge in [0.05, 0.1) is 16.7 Å². The van der Waals surface area contributed by atoms with E-state index in [9.17, 15) is 19.0 Å². The molecular weight excluding hydrogens is 373 g/mol. The fourth-order valence-electron chi connectivity index (χ4n) is 1.95. The van der Waals surface area contributed by atoms with Crippen molar-refractivity contribution >= 4 is 47.9 Å². The Labute approximate surface area is 148 Å². The van der Waals surface area contributed by atoms with Crippen molar-refractivity contribution in [2.45, 2.75) is 13.1 Å². The maximum atomic E-state index is 12.3. The first-order chi connectivity index (χ1) is 11.2. The van der Waals surface area contributed by atoms with E-state index in [4.69, 9.17) is 11.6 Å². The molecule has 1 unspecified atom stereocenters. The van der Waals surface area contributed by atoms with Gasteiger partial charge < -0.3 is 14.7 Å². The van der Waals surface area contributed by atoms with E-state index in [0.29, 0.717) is 26.0 Å². The molecule has 0 aliphatic rings. The Bertz CT molecular complexity index is 835. The molecule has 1 aromatic heterocycles. The summed E-state index contributed by atoms with van der Waals surface area (Å²) in [5.41, 5.74) is 0.670. The van der Waals surface area contributed by atoms with Gasteiger partial charge >= 0.3 is 7.60 Å². The number of ketones is 1. The van der Waals surface area contributed by atoms with Gasteiger partial charge in [0.1, 0.15) is 0 Å². The van der Waals surface area contributed by atoms with Crippen LogP contribution in [0.5, 0.6) is 0 Å². The van der Waals surface area contributed by atoms with Gasteiger partial charge in [0.2, 0.25) is 0 Å². The molecule has 1 atom stereocenters. The lowest BCUT2D eigenvalue weighted by atomic mass is 10.1. The molecule has 2 rings (SSSR count). The van der Waals surface area contributed by atoms with E-state index >= 15 is 0 Å². The summed E-state index contributed by atoms with van der Waals surface area (Å²) in [5.74, 6) is -0.637. The van der Waals surface area contributed by atoms with E-state index in [0.717, 1.165) is 18.4 Å². The van der Waals surface area contributed by atoms with Crippen molar-refractivity contribution in [1.29, 1.82) is 0 Å². The average Bonchev–Trinajstić information content (AvgIpc) is 2.96. The first kappa shape index (κ1) is 18.8. The minimum absolute atomic E-state index is 0.166. The lowest BCUT2D eigenvalue weighted by Gasteiger charge is -2.09. The second kappa shape index (κ2) is 7.59. The van der Waals surface area contributed by atoms with Crippen LogP contribution in [0.1, 0.15) is 31.8 Å². The molecule has 0 aliphatic carbocycles. The molecule has 2 aromatic rings. The van der Waals surface area contributed by atoms with Crippen molar-refractivity contribution in [2.24, 2.45) is 0 Å². The summed E-state index contributed by atoms with van der Waals surface area (Å²) in [7, 11) is -2.53. The standard InChI is InChI=1S/C15H15ClNO5PS/c1-9(18)12-7-10(16)3-5-13(12)17-15(19)14-6-4-11(24-14)8-23(20,21)22-2/h3-7H,8H2,1-2H3,(H,17,19)(H,20,21). The summed E-state index contributed by atoms with van der Waals surface area (Å²) < 4.78 is 16.1. The van der Waals surface area contributed by atoms with Crippen molar-refractivity contribution in [2.75, 3.05) is 12.4 Å². The Morgan fingerprint density at radius 3 is 2.67 bits per heavy atom. The number of nitrogens with one attached hydrogen (secondary N) is 1. The highest BCUT2D eigenvalue weighted by molar-refractivity contribution is 7.52. The van der Waals surface area contributed by atoms with Gasteiger partial charge in [-0.05, 0) is 37.3 Å². The number of thiophene rings is 1. The third-order valence-electron chi connectivity index (χ3n) is 3.14. The van der Waals surface area contributed by atoms with Crippen LogP contribution in [0, 0.1) is 0 Å². The Morgan fingerprint density at radius 2 is 2.04 bits per heavy atom. The monoisotopic (exact) mass is 387 g/mol. The number of carbonyl (C=O) groups excluding carboxylic acids is 2. The summed E-state index contributed by atoms with van der Waals surface area (Å²) in [6.07, 6.45) is -0.166. The summed E-state index contributed by atoms with van der Waals surface area (Å²) in [6.45, 7) is 1.38. The summed E-state index contributed by atoms with van der Waals surface area (Å²) in [4.78, 5) is 34.3. The number of hydrogen-bond donors (Lipinski definition) is 2. The van der Waals surface area contributed by atoms with Crippen LogP contribution in [0.2, 0.25) is 5.02 Å². The molecule has 0 radical (unpaired) electrons. The fraction of sp³-hybridized carbons (Fsp3) is 0.200. The third-order valence-corrected chi connectivity index (χ3v) is 5.98. The van der Waals surface area contributed by atoms with Crippen LogP contribution < -0.4 is 5.32 Å². The molecule has 1 aromatic carbocycles. The predicted molar refractivity (Wildman–Crippen MR) is 94.3 cm³/mol. The molecule has 0 fully saturated rings. The number of carbonyl (C=O) groups is 2. The molecule has 1 amide bonds. The van der Waals surface area contributed by atoms with E-state index in [-0.39, 0.29) is 11.9 Å². The van der Waals surface area contributed by atoms with Gasteiger partial charge in [-0.2, -0.15) is 0 Å². The second-order valence-electron chi connectivity index (χ2n) is 4.94. The molecule has 9 heteroatoms. The number of rotatable bonds is 6. The number of anilines is 1. The topological polar surface area (TPSA) is 92.7 Å². The molecule has 6 nitrogen and oxygen atoms in total. The summed E-state index contributed by atoms with van der Waals surface area (Å²) >= 11 is 6.95. The highest BCUT2D eigenvalue weighted by Gasteiger charge is 2.20. The van der Waals surface area contributed by atoms with Gasteiger partial charge in [0, 0.05) is 22.6 Å². The lowest BCUT2D eigenvalue weighted by molar-refractivity contribution is 0.101. The fourth-order valence-corrected chi connectivity index (χ4v) is 4.19. The highest BCUT2D eigenvalue weighted by atomic mass is 35.5. The van der Waals surface area contributed by atoms with Crippen LogP contribution in [0.3, 0.4) is 0 Å². The number of amides is 1. The number of hydrogen-bond acceptors (Lipinski definition) is 5. The number of Topliss-reactive ketones (excluding diaryl/α,β-unsaturated/α-hetero) is 1. The zero-order valence-electron chi connectivity index (χ0n) is 12.9.